The van der Waals surface area contributed by atoms with Gasteiger partial charge in [-0.3, -0.25) is 19.5 Å². The molecule has 0 radical (unpaired) electrons. The van der Waals surface area contributed by atoms with Crippen molar-refractivity contribution in [2.45, 2.75) is 13.8 Å². The average Bonchev–Trinajstić information content (AvgIpc) is 2.65. The molecule has 0 saturated heterocycles. The summed E-state index contributed by atoms with van der Waals surface area (Å²) >= 11 is 0. The number of hydrogen-bond acceptors (Lipinski definition) is 5. The van der Waals surface area contributed by atoms with Crippen molar-refractivity contribution in [1.82, 2.24) is 10.3 Å². The van der Waals surface area contributed by atoms with Crippen LogP contribution in [0, 0.1) is 5.92 Å². The Kier molecular flexibility index (Phi) is 5.40. The zero-order chi connectivity index (χ0) is 19.4. The number of amides is 2. The Morgan fingerprint density at radius 3 is 2.74 bits per heavy atom. The van der Waals surface area contributed by atoms with Gasteiger partial charge in [0.2, 0.25) is 5.91 Å². The number of nitrogens with zero attached hydrogens (tertiary/aromatic N) is 2. The first-order valence-electron chi connectivity index (χ1n) is 8.71. The van der Waals surface area contributed by atoms with Crippen LogP contribution in [0.25, 0.3) is 6.08 Å². The fraction of sp³-hybridized carbons (Fsp3) is 0.250. The van der Waals surface area contributed by atoms with E-state index in [4.69, 9.17) is 10.5 Å². The molecule has 0 fully saturated rings. The maximum atomic E-state index is 13.0. The van der Waals surface area contributed by atoms with Gasteiger partial charge < -0.3 is 15.8 Å². The minimum Gasteiger partial charge on any atom is -0.449 e. The molecule has 3 N–H and O–H groups in total. The van der Waals surface area contributed by atoms with E-state index in [-0.39, 0.29) is 18.2 Å². The number of benzene rings is 1. The second kappa shape index (κ2) is 7.90. The number of nitrogens with one attached hydrogen (secondary N) is 1. The predicted molar refractivity (Wildman–Crippen MR) is 104 cm³/mol. The normalized spacial score (nSPS) is 14.9. The maximum Gasteiger partial charge on any atom is 0.294 e. The van der Waals surface area contributed by atoms with Crippen LogP contribution in [0.4, 0.5) is 11.4 Å². The molecular weight excluding hydrogens is 344 g/mol. The van der Waals surface area contributed by atoms with Gasteiger partial charge >= 0.3 is 0 Å². The van der Waals surface area contributed by atoms with Crippen LogP contribution in [-0.2, 0) is 9.59 Å². The Morgan fingerprint density at radius 1 is 1.30 bits per heavy atom. The van der Waals surface area contributed by atoms with Gasteiger partial charge in [0.05, 0.1) is 5.69 Å². The van der Waals surface area contributed by atoms with Crippen molar-refractivity contribution in [1.29, 1.82) is 0 Å². The fourth-order valence-corrected chi connectivity index (χ4v) is 2.61. The molecule has 2 aromatic rings. The topological polar surface area (TPSA) is 97.5 Å². The molecule has 0 unspecified atom stereocenters. The number of aromatic nitrogens is 1. The van der Waals surface area contributed by atoms with Crippen molar-refractivity contribution in [3.8, 4) is 5.75 Å². The van der Waals surface area contributed by atoms with E-state index in [9.17, 15) is 9.59 Å². The molecule has 1 aliphatic rings. The molecule has 2 heterocycles. The highest BCUT2D eigenvalue weighted by molar-refractivity contribution is 6.12. The minimum atomic E-state index is -0.399. The zero-order valence-electron chi connectivity index (χ0n) is 15.3. The lowest BCUT2D eigenvalue weighted by Crippen LogP contribution is -2.44. The molecule has 1 aromatic carbocycles. The number of nitrogen functional groups attached to an aromatic ring is 1. The molecule has 0 saturated carbocycles. The number of fused-ring (bicyclic) bond motifs is 1. The highest BCUT2D eigenvalue weighted by Gasteiger charge is 2.32. The predicted octanol–water partition coefficient (Wildman–Crippen LogP) is 2.20. The van der Waals surface area contributed by atoms with Crippen LogP contribution in [0.2, 0.25) is 0 Å². The number of ether oxygens (including phenoxy) is 1. The summed E-state index contributed by atoms with van der Waals surface area (Å²) in [5.41, 5.74) is 7.60. The highest BCUT2D eigenvalue weighted by atomic mass is 16.5. The maximum absolute atomic E-state index is 13.0. The lowest BCUT2D eigenvalue weighted by molar-refractivity contribution is -0.123. The van der Waals surface area contributed by atoms with Crippen LogP contribution in [-0.4, -0.2) is 29.9 Å². The van der Waals surface area contributed by atoms with Gasteiger partial charge in [0.25, 0.3) is 5.91 Å². The van der Waals surface area contributed by atoms with E-state index < -0.39 is 5.91 Å². The van der Waals surface area contributed by atoms with Gasteiger partial charge in [-0.05, 0) is 47.9 Å². The highest BCUT2D eigenvalue weighted by Crippen LogP contribution is 2.37. The monoisotopic (exact) mass is 366 g/mol. The molecule has 7 nitrogen and oxygen atoms in total. The largest absolute Gasteiger partial charge is 0.449 e. The number of carbonyl (C=O) groups is 2. The summed E-state index contributed by atoms with van der Waals surface area (Å²) in [5, 5.41) is 2.83. The van der Waals surface area contributed by atoms with E-state index in [0.29, 0.717) is 29.6 Å². The first-order valence-corrected chi connectivity index (χ1v) is 8.71. The molecular formula is C20H22N4O3. The lowest BCUT2D eigenvalue weighted by Gasteiger charge is -2.30. The van der Waals surface area contributed by atoms with Crippen LogP contribution in [0.15, 0.2) is 48.5 Å². The van der Waals surface area contributed by atoms with E-state index in [1.165, 1.54) is 4.90 Å². The molecule has 2 amide bonds. The molecule has 3 rings (SSSR count). The van der Waals surface area contributed by atoms with Crippen molar-refractivity contribution < 1.29 is 14.3 Å². The molecule has 1 aliphatic heterocycles. The van der Waals surface area contributed by atoms with Crippen molar-refractivity contribution in [2.24, 2.45) is 5.92 Å². The SMILES string of the molecule is CC(C)CNC(=O)CN1C(=O)/C(=C\c2ccncc2)Oc2ccc(N)cc21. The Hall–Kier alpha value is -3.35. The van der Waals surface area contributed by atoms with E-state index in [1.807, 2.05) is 13.8 Å². The van der Waals surface area contributed by atoms with Gasteiger partial charge in [0, 0.05) is 24.6 Å². The number of pyridine rings is 1. The van der Waals surface area contributed by atoms with Crippen molar-refractivity contribution in [2.75, 3.05) is 23.7 Å². The molecule has 140 valence electrons. The average molecular weight is 366 g/mol. The Bertz CT molecular complexity index is 878. The molecule has 27 heavy (non-hydrogen) atoms. The number of rotatable bonds is 5. The molecule has 0 atom stereocenters. The van der Waals surface area contributed by atoms with Crippen LogP contribution in [0.3, 0.4) is 0 Å². The van der Waals surface area contributed by atoms with Gasteiger partial charge in [-0.2, -0.15) is 0 Å². The molecule has 0 bridgehead atoms. The number of carbonyl (C=O) groups excluding carboxylic acids is 2. The number of anilines is 2. The standard InChI is InChI=1S/C20H22N4O3/c1-13(2)11-23-19(25)12-24-16-10-15(21)3-4-17(16)27-18(20(24)26)9-14-5-7-22-8-6-14/h3-10,13H,11-12,21H2,1-2H3,(H,23,25)/b18-9+. The van der Waals surface area contributed by atoms with Gasteiger partial charge in [-0.1, -0.05) is 13.8 Å². The van der Waals surface area contributed by atoms with Crippen molar-refractivity contribution in [3.05, 3.63) is 54.0 Å². The lowest BCUT2D eigenvalue weighted by atomic mass is 10.1. The second-order valence-electron chi connectivity index (χ2n) is 6.71. The summed E-state index contributed by atoms with van der Waals surface area (Å²) < 4.78 is 5.78. The second-order valence-corrected chi connectivity index (χ2v) is 6.71. The molecule has 0 aliphatic carbocycles. The van der Waals surface area contributed by atoms with Gasteiger partial charge in [-0.15, -0.1) is 0 Å². The van der Waals surface area contributed by atoms with E-state index >= 15 is 0 Å². The summed E-state index contributed by atoms with van der Waals surface area (Å²) in [4.78, 5) is 30.6. The number of nitrogens with two attached hydrogens (primary N) is 1. The van der Waals surface area contributed by atoms with Crippen molar-refractivity contribution >= 4 is 29.3 Å². The van der Waals surface area contributed by atoms with Gasteiger partial charge in [0.1, 0.15) is 6.54 Å². The van der Waals surface area contributed by atoms with E-state index in [1.54, 1.807) is 48.8 Å². The third-order valence-electron chi connectivity index (χ3n) is 3.96. The Balaban J connectivity index is 1.92. The molecule has 0 spiro atoms. The minimum absolute atomic E-state index is 0.112. The smallest absolute Gasteiger partial charge is 0.294 e. The fourth-order valence-electron chi connectivity index (χ4n) is 2.61. The zero-order valence-corrected chi connectivity index (χ0v) is 15.3. The van der Waals surface area contributed by atoms with Crippen LogP contribution < -0.4 is 20.7 Å². The number of hydrogen-bond donors (Lipinski definition) is 2. The summed E-state index contributed by atoms with van der Waals surface area (Å²) in [6, 6.07) is 8.54. The third-order valence-corrected chi connectivity index (χ3v) is 3.96. The Labute approximate surface area is 157 Å². The van der Waals surface area contributed by atoms with Crippen LogP contribution >= 0.6 is 0 Å². The van der Waals surface area contributed by atoms with Gasteiger partial charge in [-0.25, -0.2) is 0 Å². The summed E-state index contributed by atoms with van der Waals surface area (Å²) in [6.45, 7) is 4.44. The van der Waals surface area contributed by atoms with Gasteiger partial charge in [0.15, 0.2) is 11.5 Å². The van der Waals surface area contributed by atoms with Crippen molar-refractivity contribution in [3.63, 3.8) is 0 Å². The van der Waals surface area contributed by atoms with E-state index in [0.717, 1.165) is 5.56 Å². The molecule has 1 aromatic heterocycles. The first kappa shape index (κ1) is 18.4. The molecule has 7 heteroatoms. The van der Waals surface area contributed by atoms with Crippen LogP contribution in [0.1, 0.15) is 19.4 Å². The van der Waals surface area contributed by atoms with E-state index in [2.05, 4.69) is 10.3 Å². The summed E-state index contributed by atoms with van der Waals surface area (Å²) in [7, 11) is 0. The summed E-state index contributed by atoms with van der Waals surface area (Å²) in [6.07, 6.45) is 4.89. The first-order chi connectivity index (χ1) is 12.9. The summed E-state index contributed by atoms with van der Waals surface area (Å²) in [5.74, 6) is 0.288. The quantitative estimate of drug-likeness (QED) is 0.624. The Morgan fingerprint density at radius 2 is 2.04 bits per heavy atom. The third kappa shape index (κ3) is 4.44. The van der Waals surface area contributed by atoms with Crippen LogP contribution in [0.5, 0.6) is 5.75 Å².